The standard InChI is InChI=1S/C14H11BrClN3O2S/c15-10-1-6-14-18-12(9-19(14)8-10)7-17-22(20,21)13-4-2-11(16)3-5-13/h1-6,8-9,17H,7H2. The zero-order valence-corrected chi connectivity index (χ0v) is 14.4. The zero-order valence-electron chi connectivity index (χ0n) is 11.2. The highest BCUT2D eigenvalue weighted by molar-refractivity contribution is 9.10. The van der Waals surface area contributed by atoms with E-state index >= 15 is 0 Å². The Kier molecular flexibility index (Phi) is 4.22. The highest BCUT2D eigenvalue weighted by Gasteiger charge is 2.14. The summed E-state index contributed by atoms with van der Waals surface area (Å²) in [6, 6.07) is 9.74. The number of sulfonamides is 1. The molecule has 0 amide bonds. The van der Waals surface area contributed by atoms with Crippen LogP contribution in [0.25, 0.3) is 5.65 Å². The molecule has 0 unspecified atom stereocenters. The van der Waals surface area contributed by atoms with Crippen LogP contribution in [-0.4, -0.2) is 17.8 Å². The topological polar surface area (TPSA) is 63.5 Å². The van der Waals surface area contributed by atoms with E-state index in [-0.39, 0.29) is 11.4 Å². The summed E-state index contributed by atoms with van der Waals surface area (Å²) >= 11 is 9.14. The number of benzene rings is 1. The van der Waals surface area contributed by atoms with Gasteiger partial charge in [-0.15, -0.1) is 0 Å². The van der Waals surface area contributed by atoms with Crippen molar-refractivity contribution in [2.24, 2.45) is 0 Å². The highest BCUT2D eigenvalue weighted by Crippen LogP contribution is 2.15. The smallest absolute Gasteiger partial charge is 0.240 e. The lowest BCUT2D eigenvalue weighted by Crippen LogP contribution is -2.23. The normalized spacial score (nSPS) is 11.9. The molecule has 22 heavy (non-hydrogen) atoms. The molecule has 0 atom stereocenters. The van der Waals surface area contributed by atoms with Crippen LogP contribution >= 0.6 is 27.5 Å². The molecule has 2 aromatic heterocycles. The molecule has 0 radical (unpaired) electrons. The molecule has 5 nitrogen and oxygen atoms in total. The van der Waals surface area contributed by atoms with Crippen LogP contribution in [0.3, 0.4) is 0 Å². The van der Waals surface area contributed by atoms with Crippen molar-refractivity contribution < 1.29 is 8.42 Å². The van der Waals surface area contributed by atoms with Crippen molar-refractivity contribution in [3.05, 3.63) is 64.0 Å². The Morgan fingerprint density at radius 1 is 1.14 bits per heavy atom. The summed E-state index contributed by atoms with van der Waals surface area (Å²) in [4.78, 5) is 4.53. The Bertz CT molecular complexity index is 923. The molecular formula is C14H11BrClN3O2S. The van der Waals surface area contributed by atoms with Gasteiger partial charge in [-0.1, -0.05) is 11.6 Å². The van der Waals surface area contributed by atoms with Crippen LogP contribution in [0.4, 0.5) is 0 Å². The number of aromatic nitrogens is 2. The Hall–Kier alpha value is -1.41. The molecular weight excluding hydrogens is 390 g/mol. The van der Waals surface area contributed by atoms with Gasteiger partial charge in [0.1, 0.15) is 5.65 Å². The fraction of sp³-hybridized carbons (Fsp3) is 0.0714. The number of rotatable bonds is 4. The van der Waals surface area contributed by atoms with Crippen LogP contribution in [0.1, 0.15) is 5.69 Å². The lowest BCUT2D eigenvalue weighted by Gasteiger charge is -2.05. The monoisotopic (exact) mass is 399 g/mol. The SMILES string of the molecule is O=S(=O)(NCc1cn2cc(Br)ccc2n1)c1ccc(Cl)cc1. The minimum atomic E-state index is -3.59. The molecule has 0 saturated carbocycles. The summed E-state index contributed by atoms with van der Waals surface area (Å²) in [6.45, 7) is 0.115. The van der Waals surface area contributed by atoms with E-state index in [1.54, 1.807) is 18.3 Å². The van der Waals surface area contributed by atoms with E-state index in [4.69, 9.17) is 11.6 Å². The number of hydrogen-bond donors (Lipinski definition) is 1. The first kappa shape index (κ1) is 15.5. The number of fused-ring (bicyclic) bond motifs is 1. The third-order valence-corrected chi connectivity index (χ3v) is 5.17. The Morgan fingerprint density at radius 3 is 2.59 bits per heavy atom. The second kappa shape index (κ2) is 6.00. The van der Waals surface area contributed by atoms with Crippen LogP contribution in [-0.2, 0) is 16.6 Å². The average Bonchev–Trinajstić information content (AvgIpc) is 2.88. The summed E-state index contributed by atoms with van der Waals surface area (Å²) in [5.41, 5.74) is 1.39. The molecule has 0 aliphatic heterocycles. The van der Waals surface area contributed by atoms with Gasteiger partial charge in [0.2, 0.25) is 10.0 Å². The quantitative estimate of drug-likeness (QED) is 0.731. The summed E-state index contributed by atoms with van der Waals surface area (Å²) < 4.78 is 29.7. The molecule has 0 aliphatic rings. The van der Waals surface area contributed by atoms with E-state index in [1.807, 2.05) is 22.7 Å². The van der Waals surface area contributed by atoms with Gasteiger partial charge in [-0.05, 0) is 52.3 Å². The number of imidazole rings is 1. The molecule has 1 N–H and O–H groups in total. The van der Waals surface area contributed by atoms with Crippen LogP contribution < -0.4 is 4.72 Å². The average molecular weight is 401 g/mol. The minimum Gasteiger partial charge on any atom is -0.306 e. The Morgan fingerprint density at radius 2 is 1.86 bits per heavy atom. The number of nitrogens with zero attached hydrogens (tertiary/aromatic N) is 2. The molecule has 0 saturated heterocycles. The maximum absolute atomic E-state index is 12.2. The third kappa shape index (κ3) is 3.33. The first-order valence-electron chi connectivity index (χ1n) is 6.32. The molecule has 114 valence electrons. The first-order valence-corrected chi connectivity index (χ1v) is 8.98. The predicted octanol–water partition coefficient (Wildman–Crippen LogP) is 3.23. The maximum atomic E-state index is 12.2. The maximum Gasteiger partial charge on any atom is 0.240 e. The third-order valence-electron chi connectivity index (χ3n) is 3.03. The van der Waals surface area contributed by atoms with Gasteiger partial charge in [0, 0.05) is 21.9 Å². The largest absolute Gasteiger partial charge is 0.306 e. The van der Waals surface area contributed by atoms with Crippen LogP contribution in [0.5, 0.6) is 0 Å². The molecule has 1 aromatic carbocycles. The van der Waals surface area contributed by atoms with Gasteiger partial charge < -0.3 is 4.40 Å². The Labute approximate surface area is 141 Å². The molecule has 0 aliphatic carbocycles. The van der Waals surface area contributed by atoms with E-state index in [0.717, 1.165) is 10.1 Å². The lowest BCUT2D eigenvalue weighted by atomic mass is 10.4. The second-order valence-electron chi connectivity index (χ2n) is 4.62. The number of hydrogen-bond acceptors (Lipinski definition) is 3. The van der Waals surface area contributed by atoms with Crippen molar-refractivity contribution in [2.75, 3.05) is 0 Å². The minimum absolute atomic E-state index is 0.115. The van der Waals surface area contributed by atoms with Crippen molar-refractivity contribution >= 4 is 43.2 Å². The van der Waals surface area contributed by atoms with Gasteiger partial charge in [-0.3, -0.25) is 0 Å². The number of pyridine rings is 1. The zero-order chi connectivity index (χ0) is 15.7. The summed E-state index contributed by atoms with van der Waals surface area (Å²) in [5.74, 6) is 0. The molecule has 3 aromatic rings. The van der Waals surface area contributed by atoms with Gasteiger partial charge in [0.25, 0.3) is 0 Å². The molecule has 0 bridgehead atoms. The van der Waals surface area contributed by atoms with Crippen LogP contribution in [0, 0.1) is 0 Å². The summed E-state index contributed by atoms with van der Waals surface area (Å²) in [7, 11) is -3.59. The van der Waals surface area contributed by atoms with Gasteiger partial charge in [0.05, 0.1) is 17.1 Å². The van der Waals surface area contributed by atoms with E-state index in [2.05, 4.69) is 25.6 Å². The van der Waals surface area contributed by atoms with Gasteiger partial charge >= 0.3 is 0 Å². The van der Waals surface area contributed by atoms with E-state index < -0.39 is 10.0 Å². The van der Waals surface area contributed by atoms with E-state index in [1.165, 1.54) is 12.1 Å². The second-order valence-corrected chi connectivity index (χ2v) is 7.74. The molecule has 8 heteroatoms. The van der Waals surface area contributed by atoms with Crippen LogP contribution in [0.2, 0.25) is 5.02 Å². The number of halogens is 2. The van der Waals surface area contributed by atoms with Gasteiger partial charge in [0.15, 0.2) is 0 Å². The molecule has 2 heterocycles. The summed E-state index contributed by atoms with van der Waals surface area (Å²) in [6.07, 6.45) is 3.64. The molecule has 0 spiro atoms. The highest BCUT2D eigenvalue weighted by atomic mass is 79.9. The van der Waals surface area contributed by atoms with E-state index in [9.17, 15) is 8.42 Å². The molecule has 0 fully saturated rings. The van der Waals surface area contributed by atoms with Crippen molar-refractivity contribution in [3.8, 4) is 0 Å². The lowest BCUT2D eigenvalue weighted by molar-refractivity contribution is 0.580. The van der Waals surface area contributed by atoms with Gasteiger partial charge in [-0.2, -0.15) is 0 Å². The fourth-order valence-corrected chi connectivity index (χ4v) is 3.45. The van der Waals surface area contributed by atoms with Gasteiger partial charge in [-0.25, -0.2) is 18.1 Å². The van der Waals surface area contributed by atoms with Crippen molar-refractivity contribution in [1.29, 1.82) is 0 Å². The van der Waals surface area contributed by atoms with E-state index in [0.29, 0.717) is 10.7 Å². The Balaban J connectivity index is 1.79. The molecule has 3 rings (SSSR count). The van der Waals surface area contributed by atoms with Crippen molar-refractivity contribution in [1.82, 2.24) is 14.1 Å². The van der Waals surface area contributed by atoms with Crippen molar-refractivity contribution in [3.63, 3.8) is 0 Å². The fourth-order valence-electron chi connectivity index (χ4n) is 1.97. The first-order chi connectivity index (χ1) is 10.4. The summed E-state index contributed by atoms with van der Waals surface area (Å²) in [5, 5.41) is 0.491. The van der Waals surface area contributed by atoms with Crippen molar-refractivity contribution in [2.45, 2.75) is 11.4 Å². The number of nitrogens with one attached hydrogen (secondary N) is 1. The predicted molar refractivity (Wildman–Crippen MR) is 88.4 cm³/mol. The van der Waals surface area contributed by atoms with Crippen LogP contribution in [0.15, 0.2) is 58.2 Å².